The Morgan fingerprint density at radius 1 is 1.14 bits per heavy atom. The monoisotopic (exact) mass is 628 g/mol. The summed E-state index contributed by atoms with van der Waals surface area (Å²) >= 11 is 7.25. The average molecular weight is 629 g/mol. The third kappa shape index (κ3) is 6.42. The molecule has 0 bridgehead atoms. The smallest absolute Gasteiger partial charge is 0.281 e. The van der Waals surface area contributed by atoms with Gasteiger partial charge in [-0.3, -0.25) is 28.8 Å². The Balaban J connectivity index is 1.45. The first-order valence-corrected chi connectivity index (χ1v) is 15.3. The number of rotatable bonds is 8. The van der Waals surface area contributed by atoms with Gasteiger partial charge >= 0.3 is 0 Å². The van der Waals surface area contributed by atoms with Crippen molar-refractivity contribution < 1.29 is 13.6 Å². The molecule has 0 aliphatic carbocycles. The zero-order valence-corrected chi connectivity index (χ0v) is 25.6. The van der Waals surface area contributed by atoms with E-state index >= 15 is 0 Å². The van der Waals surface area contributed by atoms with Gasteiger partial charge in [-0.1, -0.05) is 29.6 Å². The van der Waals surface area contributed by atoms with E-state index in [4.69, 9.17) is 16.6 Å². The van der Waals surface area contributed by atoms with Crippen molar-refractivity contribution in [3.8, 4) is 0 Å². The van der Waals surface area contributed by atoms with E-state index in [9.17, 15) is 18.4 Å². The van der Waals surface area contributed by atoms with Crippen molar-refractivity contribution in [1.82, 2.24) is 29.2 Å². The lowest BCUT2D eigenvalue weighted by atomic mass is 9.94. The summed E-state index contributed by atoms with van der Waals surface area (Å²) in [5.74, 6) is 0.230. The Bertz CT molecular complexity index is 1710. The molecule has 1 aliphatic heterocycles. The van der Waals surface area contributed by atoms with Crippen molar-refractivity contribution in [2.45, 2.75) is 45.1 Å². The molecule has 0 radical (unpaired) electrons. The molecule has 1 saturated heterocycles. The molecule has 1 unspecified atom stereocenters. The van der Waals surface area contributed by atoms with Crippen molar-refractivity contribution in [2.75, 3.05) is 29.6 Å². The topological polar surface area (TPSA) is 118 Å². The van der Waals surface area contributed by atoms with Gasteiger partial charge in [0.1, 0.15) is 10.8 Å². The number of nitrogens with zero attached hydrogens (tertiary/aromatic N) is 6. The maximum Gasteiger partial charge on any atom is 0.281 e. The number of carbonyl (C=O) groups is 1. The molecule has 5 rings (SSSR count). The molecule has 4 heterocycles. The van der Waals surface area contributed by atoms with Crippen molar-refractivity contribution in [3.63, 3.8) is 0 Å². The second kappa shape index (κ2) is 12.8. The van der Waals surface area contributed by atoms with Crippen LogP contribution in [0.4, 0.5) is 20.4 Å². The molecule has 1 fully saturated rings. The van der Waals surface area contributed by atoms with Gasteiger partial charge in [-0.25, -0.2) is 18.7 Å². The second-order valence-electron chi connectivity index (χ2n) is 10.5. The van der Waals surface area contributed by atoms with Crippen LogP contribution in [0.5, 0.6) is 0 Å². The highest BCUT2D eigenvalue weighted by molar-refractivity contribution is 7.97. The minimum absolute atomic E-state index is 0.0703. The number of amides is 1. The molecule has 0 spiro atoms. The largest absolute Gasteiger partial charge is 0.377 e. The van der Waals surface area contributed by atoms with Crippen LogP contribution in [0, 0.1) is 6.92 Å². The van der Waals surface area contributed by atoms with E-state index in [0.29, 0.717) is 54.2 Å². The van der Waals surface area contributed by atoms with E-state index in [1.807, 2.05) is 26.0 Å². The van der Waals surface area contributed by atoms with Crippen molar-refractivity contribution in [1.29, 1.82) is 0 Å². The minimum atomic E-state index is -2.65. The van der Waals surface area contributed by atoms with Crippen molar-refractivity contribution in [2.24, 2.45) is 7.05 Å². The van der Waals surface area contributed by atoms with Crippen LogP contribution in [-0.2, 0) is 7.05 Å². The van der Waals surface area contributed by atoms with Gasteiger partial charge in [-0.15, -0.1) is 0 Å². The normalized spacial score (nSPS) is 14.7. The maximum atomic E-state index is 13.6. The fourth-order valence-corrected chi connectivity index (χ4v) is 5.81. The predicted octanol–water partition coefficient (Wildman–Crippen LogP) is 5.58. The van der Waals surface area contributed by atoms with Crippen molar-refractivity contribution >= 4 is 52.0 Å². The van der Waals surface area contributed by atoms with Crippen LogP contribution in [-0.4, -0.2) is 49.8 Å². The Hall–Kier alpha value is -3.84. The highest BCUT2D eigenvalue weighted by Gasteiger charge is 2.26. The van der Waals surface area contributed by atoms with E-state index < -0.39 is 6.43 Å². The van der Waals surface area contributed by atoms with E-state index in [2.05, 4.69) is 29.9 Å². The quantitative estimate of drug-likeness (QED) is 0.190. The van der Waals surface area contributed by atoms with Gasteiger partial charge in [0.25, 0.3) is 17.9 Å². The SMILES string of the molecule is CSNC(=O)c1nc(Cl)ccc1NC(C)c1cc(C)cc2c(=O)n(C)c(N3CCC(c4cnc(C(F)F)cn4)CC3)nc12. The number of carbonyl (C=O) groups excluding carboxylic acids is 1. The second-order valence-corrected chi connectivity index (χ2v) is 11.5. The first kappa shape index (κ1) is 30.6. The van der Waals surface area contributed by atoms with E-state index in [-0.39, 0.29) is 40.0 Å². The summed E-state index contributed by atoms with van der Waals surface area (Å²) in [5.41, 5.74) is 3.10. The lowest BCUT2D eigenvalue weighted by Crippen LogP contribution is -2.38. The summed E-state index contributed by atoms with van der Waals surface area (Å²) in [6.07, 6.45) is 3.07. The summed E-state index contributed by atoms with van der Waals surface area (Å²) in [7, 11) is 1.71. The fourth-order valence-electron chi connectivity index (χ4n) is 5.38. The van der Waals surface area contributed by atoms with Crippen LogP contribution in [0.25, 0.3) is 10.9 Å². The van der Waals surface area contributed by atoms with Crippen LogP contribution in [0.3, 0.4) is 0 Å². The number of fused-ring (bicyclic) bond motifs is 1. The zero-order chi connectivity index (χ0) is 30.8. The number of hydrogen-bond donors (Lipinski definition) is 2. The molecule has 10 nitrogen and oxygen atoms in total. The molecule has 2 N–H and O–H groups in total. The Labute approximate surface area is 256 Å². The Kier molecular flexibility index (Phi) is 9.11. The van der Waals surface area contributed by atoms with Gasteiger partial charge < -0.3 is 10.2 Å². The van der Waals surface area contributed by atoms with Crippen LogP contribution in [0.15, 0.2) is 41.5 Å². The number of halogens is 3. The summed E-state index contributed by atoms with van der Waals surface area (Å²) in [4.78, 5) is 45.7. The Morgan fingerprint density at radius 2 is 1.88 bits per heavy atom. The number of pyridine rings is 1. The number of hydrogen-bond acceptors (Lipinski definition) is 9. The van der Waals surface area contributed by atoms with Crippen LogP contribution < -0.4 is 20.5 Å². The predicted molar refractivity (Wildman–Crippen MR) is 165 cm³/mol. The summed E-state index contributed by atoms with van der Waals surface area (Å²) in [6, 6.07) is 6.77. The highest BCUT2D eigenvalue weighted by atomic mass is 35.5. The van der Waals surface area contributed by atoms with Crippen molar-refractivity contribution in [3.05, 3.63) is 80.4 Å². The number of alkyl halides is 2. The van der Waals surface area contributed by atoms with Gasteiger partial charge in [0, 0.05) is 44.1 Å². The van der Waals surface area contributed by atoms with Crippen LogP contribution in [0.2, 0.25) is 5.15 Å². The maximum absolute atomic E-state index is 13.6. The Morgan fingerprint density at radius 3 is 2.53 bits per heavy atom. The number of nitrogens with one attached hydrogen (secondary N) is 2. The van der Waals surface area contributed by atoms with E-state index in [0.717, 1.165) is 29.3 Å². The van der Waals surface area contributed by atoms with Gasteiger partial charge in [0.15, 0.2) is 5.69 Å². The molecule has 3 aromatic heterocycles. The molecule has 0 saturated carbocycles. The molecule has 1 aliphatic rings. The number of aromatic nitrogens is 5. The lowest BCUT2D eigenvalue weighted by molar-refractivity contribution is 0.0980. The highest BCUT2D eigenvalue weighted by Crippen LogP contribution is 2.32. The molecule has 1 atom stereocenters. The van der Waals surface area contributed by atoms with Gasteiger partial charge in [-0.2, -0.15) is 0 Å². The summed E-state index contributed by atoms with van der Waals surface area (Å²) < 4.78 is 30.0. The van der Waals surface area contributed by atoms with Gasteiger partial charge in [-0.05, 0) is 50.5 Å². The van der Waals surface area contributed by atoms with E-state index in [1.54, 1.807) is 30.0 Å². The molecule has 1 aromatic carbocycles. The molecule has 43 heavy (non-hydrogen) atoms. The zero-order valence-electron chi connectivity index (χ0n) is 24.1. The number of aryl methyl sites for hydroxylation is 1. The molecule has 14 heteroatoms. The summed E-state index contributed by atoms with van der Waals surface area (Å²) in [6.45, 7) is 5.07. The average Bonchev–Trinajstić information content (AvgIpc) is 3.00. The first-order valence-electron chi connectivity index (χ1n) is 13.7. The number of anilines is 2. The fraction of sp³-hybridized carbons (Fsp3) is 0.379. The molecule has 226 valence electrons. The number of piperidine rings is 1. The molecule has 4 aromatic rings. The lowest BCUT2D eigenvalue weighted by Gasteiger charge is -2.33. The van der Waals surface area contributed by atoms with Crippen LogP contribution >= 0.6 is 23.5 Å². The third-order valence-corrected chi connectivity index (χ3v) is 8.15. The van der Waals surface area contributed by atoms with Crippen LogP contribution in [0.1, 0.15) is 71.2 Å². The standard InChI is InChI=1S/C29H31ClF2N8O2S/c1-15-11-18(16(2)35-20-5-6-23(30)36-25(20)27(41)38-43-4)24-19(12-15)28(42)39(3)29(37-24)40-9-7-17(8-10-40)21-13-34-22(14-33-21)26(31)32/h5-6,11-14,16-17,26,35H,7-10H2,1-4H3,(H,38,41). The third-order valence-electron chi connectivity index (χ3n) is 7.55. The minimum Gasteiger partial charge on any atom is -0.377 e. The first-order chi connectivity index (χ1) is 20.6. The molecular weight excluding hydrogens is 598 g/mol. The molecular formula is C29H31ClF2N8O2S. The summed E-state index contributed by atoms with van der Waals surface area (Å²) in [5, 5.41) is 4.06. The number of benzene rings is 1. The molecule has 1 amide bonds. The van der Waals surface area contributed by atoms with Gasteiger partial charge in [0.05, 0.1) is 34.5 Å². The van der Waals surface area contributed by atoms with E-state index in [1.165, 1.54) is 6.20 Å². The van der Waals surface area contributed by atoms with Gasteiger partial charge in [0.2, 0.25) is 5.95 Å².